The van der Waals surface area contributed by atoms with Gasteiger partial charge >= 0.3 is 0 Å². The van der Waals surface area contributed by atoms with Crippen LogP contribution in [-0.4, -0.2) is 9.13 Å². The van der Waals surface area contributed by atoms with Crippen LogP contribution in [0, 0.1) is 34.0 Å². The van der Waals surface area contributed by atoms with Crippen molar-refractivity contribution in [2.45, 2.75) is 0 Å². The summed E-state index contributed by atoms with van der Waals surface area (Å²) in [5, 5.41) is 35.2. The molecule has 0 radical (unpaired) electrons. The summed E-state index contributed by atoms with van der Waals surface area (Å²) in [6, 6.07) is 57.7. The van der Waals surface area contributed by atoms with Gasteiger partial charge in [-0.1, -0.05) is 97.1 Å². The standard InChI is InChI=1S/C45H25N5/c46-26-29-21-22-44-39(23-29)38-16-6-8-18-41(38)49(44)40-17-7-3-13-35(40)34-12-2-1-11-33(34)30-24-31(27-47)45(32(25-30)28-48)50-42-19-9-4-14-36(42)37-15-5-10-20-43(37)50/h1-25H. The van der Waals surface area contributed by atoms with Gasteiger partial charge in [-0.15, -0.1) is 0 Å². The van der Waals surface area contributed by atoms with Crippen molar-refractivity contribution in [3.63, 3.8) is 0 Å². The number of hydrogen-bond acceptors (Lipinski definition) is 3. The number of nitriles is 3. The first-order chi connectivity index (χ1) is 24.7. The van der Waals surface area contributed by atoms with E-state index >= 15 is 0 Å². The summed E-state index contributed by atoms with van der Waals surface area (Å²) in [5.41, 5.74) is 10.6. The Balaban J connectivity index is 1.28. The lowest BCUT2D eigenvalue weighted by molar-refractivity contribution is 1.15. The summed E-state index contributed by atoms with van der Waals surface area (Å²) in [6.45, 7) is 0. The minimum Gasteiger partial charge on any atom is -0.309 e. The number of benzene rings is 7. The number of rotatable bonds is 4. The van der Waals surface area contributed by atoms with Crippen LogP contribution >= 0.6 is 0 Å². The number of aromatic nitrogens is 2. The molecule has 0 saturated heterocycles. The van der Waals surface area contributed by atoms with Crippen LogP contribution in [0.25, 0.3) is 77.2 Å². The second-order valence-corrected chi connectivity index (χ2v) is 12.3. The minimum atomic E-state index is 0.421. The van der Waals surface area contributed by atoms with E-state index < -0.39 is 0 Å². The van der Waals surface area contributed by atoms with Crippen LogP contribution in [0.4, 0.5) is 0 Å². The normalized spacial score (nSPS) is 11.1. The van der Waals surface area contributed by atoms with Crippen LogP contribution in [0.1, 0.15) is 16.7 Å². The van der Waals surface area contributed by atoms with E-state index in [4.69, 9.17) is 0 Å². The zero-order valence-electron chi connectivity index (χ0n) is 26.7. The van der Waals surface area contributed by atoms with Gasteiger partial charge in [0.05, 0.1) is 56.2 Å². The summed E-state index contributed by atoms with van der Waals surface area (Å²) < 4.78 is 4.30. The Bertz CT molecular complexity index is 2880. The average molecular weight is 636 g/mol. The molecule has 9 aromatic rings. The highest BCUT2D eigenvalue weighted by atomic mass is 15.0. The third-order valence-corrected chi connectivity index (χ3v) is 9.63. The van der Waals surface area contributed by atoms with E-state index in [1.165, 1.54) is 0 Å². The minimum absolute atomic E-state index is 0.421. The van der Waals surface area contributed by atoms with E-state index in [-0.39, 0.29) is 0 Å². The van der Waals surface area contributed by atoms with Gasteiger partial charge < -0.3 is 9.13 Å². The molecule has 0 aliphatic heterocycles. The van der Waals surface area contributed by atoms with Crippen molar-refractivity contribution in [3.8, 4) is 51.8 Å². The molecular weight excluding hydrogens is 611 g/mol. The molecule has 230 valence electrons. The highest BCUT2D eigenvalue weighted by Crippen LogP contribution is 2.42. The molecule has 50 heavy (non-hydrogen) atoms. The van der Waals surface area contributed by atoms with E-state index in [0.717, 1.165) is 71.6 Å². The van der Waals surface area contributed by atoms with Crippen molar-refractivity contribution in [2.75, 3.05) is 0 Å². The van der Waals surface area contributed by atoms with Crippen LogP contribution in [0.3, 0.4) is 0 Å². The molecule has 0 aliphatic rings. The lowest BCUT2D eigenvalue weighted by Gasteiger charge is -2.18. The van der Waals surface area contributed by atoms with Gasteiger partial charge in [0, 0.05) is 27.1 Å². The number of fused-ring (bicyclic) bond motifs is 6. The van der Waals surface area contributed by atoms with Gasteiger partial charge in [0.2, 0.25) is 0 Å². The fourth-order valence-corrected chi connectivity index (χ4v) is 7.53. The maximum absolute atomic E-state index is 10.7. The third-order valence-electron chi connectivity index (χ3n) is 9.63. The third kappa shape index (κ3) is 4.24. The molecule has 0 bridgehead atoms. The van der Waals surface area contributed by atoms with Crippen molar-refractivity contribution < 1.29 is 0 Å². The van der Waals surface area contributed by atoms with Gasteiger partial charge in [-0.2, -0.15) is 15.8 Å². The smallest absolute Gasteiger partial charge is 0.101 e. The SMILES string of the molecule is N#Cc1ccc2c(c1)c1ccccc1n2-c1ccccc1-c1ccccc1-c1cc(C#N)c(-n2c3ccccc3c3ccccc32)c(C#N)c1. The summed E-state index contributed by atoms with van der Waals surface area (Å²) in [5.74, 6) is 0. The highest BCUT2D eigenvalue weighted by Gasteiger charge is 2.22. The molecule has 0 N–H and O–H groups in total. The predicted molar refractivity (Wildman–Crippen MR) is 200 cm³/mol. The molecule has 7 aromatic carbocycles. The van der Waals surface area contributed by atoms with Crippen molar-refractivity contribution in [3.05, 3.63) is 168 Å². The molecule has 5 heteroatoms. The summed E-state index contributed by atoms with van der Waals surface area (Å²) in [7, 11) is 0. The van der Waals surface area contributed by atoms with Crippen LogP contribution in [0.2, 0.25) is 0 Å². The van der Waals surface area contributed by atoms with Gasteiger partial charge in [0.25, 0.3) is 0 Å². The monoisotopic (exact) mass is 635 g/mol. The average Bonchev–Trinajstić information content (AvgIpc) is 3.69. The molecule has 0 saturated carbocycles. The van der Waals surface area contributed by atoms with Gasteiger partial charge in [0.15, 0.2) is 0 Å². The Hall–Kier alpha value is -7.39. The molecule has 2 aromatic heterocycles. The second-order valence-electron chi connectivity index (χ2n) is 12.3. The van der Waals surface area contributed by atoms with Crippen LogP contribution < -0.4 is 0 Å². The quantitative estimate of drug-likeness (QED) is 0.193. The molecule has 0 aliphatic carbocycles. The van der Waals surface area contributed by atoms with E-state index in [2.05, 4.69) is 71.3 Å². The zero-order valence-corrected chi connectivity index (χ0v) is 26.7. The molecule has 2 heterocycles. The Morgan fingerprint density at radius 3 is 1.46 bits per heavy atom. The molecule has 0 fully saturated rings. The first-order valence-electron chi connectivity index (χ1n) is 16.3. The van der Waals surface area contributed by atoms with E-state index in [0.29, 0.717) is 22.4 Å². The Labute approximate surface area is 287 Å². The summed E-state index contributed by atoms with van der Waals surface area (Å²) in [6.07, 6.45) is 0. The molecule has 0 spiro atoms. The first-order valence-corrected chi connectivity index (χ1v) is 16.3. The van der Waals surface area contributed by atoms with E-state index in [1.54, 1.807) is 0 Å². The lowest BCUT2D eigenvalue weighted by Crippen LogP contribution is -2.02. The van der Waals surface area contributed by atoms with E-state index in [9.17, 15) is 15.8 Å². The largest absolute Gasteiger partial charge is 0.309 e. The first kappa shape index (κ1) is 28.8. The molecule has 9 rings (SSSR count). The van der Waals surface area contributed by atoms with E-state index in [1.807, 2.05) is 108 Å². The predicted octanol–water partition coefficient (Wildman–Crippen LogP) is 10.8. The topological polar surface area (TPSA) is 81.2 Å². The molecule has 5 nitrogen and oxygen atoms in total. The van der Waals surface area contributed by atoms with Gasteiger partial charge in [-0.3, -0.25) is 0 Å². The second kappa shape index (κ2) is 11.4. The number of nitrogens with zero attached hydrogens (tertiary/aromatic N) is 5. The molecule has 0 unspecified atom stereocenters. The van der Waals surface area contributed by atoms with Crippen molar-refractivity contribution in [2.24, 2.45) is 0 Å². The van der Waals surface area contributed by atoms with Crippen LogP contribution in [-0.2, 0) is 0 Å². The maximum atomic E-state index is 10.7. The molecular formula is C45H25N5. The number of para-hydroxylation sites is 4. The van der Waals surface area contributed by atoms with Crippen molar-refractivity contribution in [1.82, 2.24) is 9.13 Å². The van der Waals surface area contributed by atoms with Gasteiger partial charge in [-0.05, 0) is 71.3 Å². The van der Waals surface area contributed by atoms with Gasteiger partial charge in [0.1, 0.15) is 12.1 Å². The molecule has 0 amide bonds. The van der Waals surface area contributed by atoms with Crippen molar-refractivity contribution >= 4 is 43.6 Å². The Morgan fingerprint density at radius 1 is 0.380 bits per heavy atom. The zero-order chi connectivity index (χ0) is 33.8. The Kier molecular flexibility index (Phi) is 6.56. The summed E-state index contributed by atoms with van der Waals surface area (Å²) >= 11 is 0. The van der Waals surface area contributed by atoms with Crippen LogP contribution in [0.15, 0.2) is 152 Å². The summed E-state index contributed by atoms with van der Waals surface area (Å²) in [4.78, 5) is 0. The fourth-order valence-electron chi connectivity index (χ4n) is 7.53. The van der Waals surface area contributed by atoms with Crippen LogP contribution in [0.5, 0.6) is 0 Å². The molecule has 0 atom stereocenters. The highest BCUT2D eigenvalue weighted by molar-refractivity contribution is 6.11. The van der Waals surface area contributed by atoms with Gasteiger partial charge in [-0.25, -0.2) is 0 Å². The lowest BCUT2D eigenvalue weighted by atomic mass is 9.91. The number of hydrogen-bond donors (Lipinski definition) is 0. The maximum Gasteiger partial charge on any atom is 0.101 e. The Morgan fingerprint density at radius 2 is 0.860 bits per heavy atom. The van der Waals surface area contributed by atoms with Crippen molar-refractivity contribution in [1.29, 1.82) is 15.8 Å². The fraction of sp³-hybridized carbons (Fsp3) is 0.